The van der Waals surface area contributed by atoms with Crippen LogP contribution in [0.3, 0.4) is 0 Å². The number of nitrogens with zero attached hydrogens (tertiary/aromatic N) is 5. The van der Waals surface area contributed by atoms with E-state index in [0.29, 0.717) is 51.6 Å². The first-order valence-corrected chi connectivity index (χ1v) is 14.0. The molecule has 5 aromatic rings. The van der Waals surface area contributed by atoms with Crippen molar-refractivity contribution in [1.82, 2.24) is 25.3 Å². The standard InChI is InChI=1S/C30H24Cl2F2N8/c31-22-11-19(6-7-24(22)33)38-28-18(13-35)14-37-30-21(28)10-20(12-23(30)32)39-29(17-4-2-1-3-5-17)26-16-42(41-40-26)27-8-9-36-15-25(27)34/h1-7,10-12,14,16,25,27,29,36,39H,8-9,15H2,(H,37,38)/t25-,27-,29?/m1/s1. The van der Waals surface area contributed by atoms with E-state index in [1.807, 2.05) is 36.4 Å². The van der Waals surface area contributed by atoms with Crippen LogP contribution >= 0.6 is 23.2 Å². The lowest BCUT2D eigenvalue weighted by Crippen LogP contribution is -2.39. The van der Waals surface area contributed by atoms with Gasteiger partial charge in [0, 0.05) is 29.5 Å². The van der Waals surface area contributed by atoms with Gasteiger partial charge in [0.25, 0.3) is 0 Å². The molecular weight excluding hydrogens is 581 g/mol. The topological polar surface area (TPSA) is 103 Å². The Hall–Kier alpha value is -4.30. The van der Waals surface area contributed by atoms with Gasteiger partial charge in [0.1, 0.15) is 23.8 Å². The van der Waals surface area contributed by atoms with Gasteiger partial charge in [0.2, 0.25) is 0 Å². The van der Waals surface area contributed by atoms with Crippen molar-refractivity contribution in [3.8, 4) is 6.07 Å². The molecule has 212 valence electrons. The molecule has 0 bridgehead atoms. The SMILES string of the molecule is N#Cc1cnc2c(Cl)cc(NC(c3ccccc3)c3cn([C@@H]4CCNC[C@H]4F)nn3)cc2c1Nc1ccc(F)c(Cl)c1. The fourth-order valence-corrected chi connectivity index (χ4v) is 5.56. The van der Waals surface area contributed by atoms with Crippen LogP contribution in [0.4, 0.5) is 25.8 Å². The van der Waals surface area contributed by atoms with E-state index in [1.165, 1.54) is 24.4 Å². The Kier molecular flexibility index (Phi) is 7.89. The van der Waals surface area contributed by atoms with Crippen LogP contribution in [0.2, 0.25) is 10.0 Å². The summed E-state index contributed by atoms with van der Waals surface area (Å²) in [6.45, 7) is 0.977. The van der Waals surface area contributed by atoms with Crippen LogP contribution in [0.15, 0.2) is 73.1 Å². The molecule has 8 nitrogen and oxygen atoms in total. The van der Waals surface area contributed by atoms with Crippen LogP contribution < -0.4 is 16.0 Å². The second-order valence-electron chi connectivity index (χ2n) is 9.95. The summed E-state index contributed by atoms with van der Waals surface area (Å²) in [5.41, 5.74) is 3.80. The third-order valence-electron chi connectivity index (χ3n) is 7.22. The Morgan fingerprint density at radius 1 is 1.07 bits per heavy atom. The quantitative estimate of drug-likeness (QED) is 0.184. The van der Waals surface area contributed by atoms with Crippen LogP contribution in [0.1, 0.15) is 35.3 Å². The van der Waals surface area contributed by atoms with Crippen molar-refractivity contribution in [2.45, 2.75) is 24.7 Å². The number of alkyl halides is 1. The Morgan fingerprint density at radius 2 is 1.88 bits per heavy atom. The maximum absolute atomic E-state index is 14.7. The molecule has 1 saturated heterocycles. The Labute approximate surface area is 250 Å². The predicted octanol–water partition coefficient (Wildman–Crippen LogP) is 6.96. The van der Waals surface area contributed by atoms with Gasteiger partial charge in [0.05, 0.1) is 45.1 Å². The highest BCUT2D eigenvalue weighted by molar-refractivity contribution is 6.36. The van der Waals surface area contributed by atoms with E-state index in [0.717, 1.165) is 5.56 Å². The fraction of sp³-hybridized carbons (Fsp3) is 0.200. The number of anilines is 3. The molecule has 1 unspecified atom stereocenters. The van der Waals surface area contributed by atoms with Crippen LogP contribution in [0.5, 0.6) is 0 Å². The lowest BCUT2D eigenvalue weighted by Gasteiger charge is -2.26. The summed E-state index contributed by atoms with van der Waals surface area (Å²) in [6.07, 6.45) is 2.74. The highest BCUT2D eigenvalue weighted by Gasteiger charge is 2.28. The van der Waals surface area contributed by atoms with Gasteiger partial charge in [0.15, 0.2) is 0 Å². The summed E-state index contributed by atoms with van der Waals surface area (Å²) in [4.78, 5) is 4.41. The number of nitriles is 1. The number of fused-ring (bicyclic) bond motifs is 1. The van der Waals surface area contributed by atoms with Crippen molar-refractivity contribution in [3.05, 3.63) is 106 Å². The van der Waals surface area contributed by atoms with E-state index in [1.54, 1.807) is 16.9 Å². The van der Waals surface area contributed by atoms with Crippen molar-refractivity contribution in [2.75, 3.05) is 23.7 Å². The van der Waals surface area contributed by atoms with Crippen molar-refractivity contribution < 1.29 is 8.78 Å². The predicted molar refractivity (Wildman–Crippen MR) is 160 cm³/mol. The zero-order chi connectivity index (χ0) is 29.2. The number of piperidine rings is 1. The van der Waals surface area contributed by atoms with Crippen LogP contribution in [0.25, 0.3) is 10.9 Å². The van der Waals surface area contributed by atoms with Crippen molar-refractivity contribution in [3.63, 3.8) is 0 Å². The molecule has 3 aromatic carbocycles. The number of hydrogen-bond donors (Lipinski definition) is 3. The largest absolute Gasteiger partial charge is 0.373 e. The van der Waals surface area contributed by atoms with Gasteiger partial charge in [-0.05, 0) is 48.9 Å². The van der Waals surface area contributed by atoms with Gasteiger partial charge in [-0.3, -0.25) is 4.98 Å². The molecule has 3 atom stereocenters. The minimum absolute atomic E-state index is 0.0559. The monoisotopic (exact) mass is 604 g/mol. The molecule has 3 N–H and O–H groups in total. The normalized spacial score (nSPS) is 17.5. The first-order valence-electron chi connectivity index (χ1n) is 13.2. The molecule has 0 spiro atoms. The van der Waals surface area contributed by atoms with E-state index in [4.69, 9.17) is 23.2 Å². The molecule has 12 heteroatoms. The number of aromatic nitrogens is 4. The lowest BCUT2D eigenvalue weighted by molar-refractivity contribution is 0.171. The number of benzene rings is 3. The molecule has 0 amide bonds. The Balaban J connectivity index is 1.41. The van der Waals surface area contributed by atoms with Crippen LogP contribution in [-0.2, 0) is 0 Å². The van der Waals surface area contributed by atoms with E-state index in [9.17, 15) is 14.0 Å². The molecule has 6 rings (SSSR count). The second kappa shape index (κ2) is 11.9. The van der Waals surface area contributed by atoms with E-state index >= 15 is 0 Å². The lowest BCUT2D eigenvalue weighted by atomic mass is 10.0. The number of hydrogen-bond acceptors (Lipinski definition) is 7. The summed E-state index contributed by atoms with van der Waals surface area (Å²) in [5.74, 6) is -0.553. The van der Waals surface area contributed by atoms with Crippen molar-refractivity contribution in [1.29, 1.82) is 5.26 Å². The minimum Gasteiger partial charge on any atom is -0.373 e. The highest BCUT2D eigenvalue weighted by Crippen LogP contribution is 2.37. The van der Waals surface area contributed by atoms with E-state index in [2.05, 4.69) is 37.3 Å². The van der Waals surface area contributed by atoms with Gasteiger partial charge in [-0.15, -0.1) is 5.10 Å². The molecule has 1 aliphatic rings. The maximum atomic E-state index is 14.7. The smallest absolute Gasteiger partial charge is 0.141 e. The molecule has 1 aliphatic heterocycles. The molecule has 0 saturated carbocycles. The van der Waals surface area contributed by atoms with Gasteiger partial charge in [-0.25, -0.2) is 13.5 Å². The molecular formula is C30H24Cl2F2N8. The number of pyridine rings is 1. The average Bonchev–Trinajstić information content (AvgIpc) is 3.48. The van der Waals surface area contributed by atoms with Gasteiger partial charge < -0.3 is 16.0 Å². The Morgan fingerprint density at radius 3 is 2.64 bits per heavy atom. The summed E-state index contributed by atoms with van der Waals surface area (Å²) >= 11 is 12.7. The maximum Gasteiger partial charge on any atom is 0.141 e. The summed E-state index contributed by atoms with van der Waals surface area (Å²) in [7, 11) is 0. The summed E-state index contributed by atoms with van der Waals surface area (Å²) in [6, 6.07) is 18.8. The fourth-order valence-electron chi connectivity index (χ4n) is 5.11. The Bertz CT molecular complexity index is 1790. The molecule has 2 aromatic heterocycles. The molecule has 1 fully saturated rings. The highest BCUT2D eigenvalue weighted by atomic mass is 35.5. The van der Waals surface area contributed by atoms with E-state index in [-0.39, 0.29) is 17.1 Å². The van der Waals surface area contributed by atoms with Gasteiger partial charge >= 0.3 is 0 Å². The first kappa shape index (κ1) is 27.8. The number of nitrogens with one attached hydrogen (secondary N) is 3. The average molecular weight is 605 g/mol. The summed E-state index contributed by atoms with van der Waals surface area (Å²) < 4.78 is 30.1. The molecule has 0 radical (unpaired) electrons. The zero-order valence-corrected chi connectivity index (χ0v) is 23.5. The van der Waals surface area contributed by atoms with Crippen LogP contribution in [0, 0.1) is 17.1 Å². The van der Waals surface area contributed by atoms with Crippen molar-refractivity contribution >= 4 is 51.2 Å². The number of rotatable bonds is 7. The second-order valence-corrected chi connectivity index (χ2v) is 10.8. The van der Waals surface area contributed by atoms with Crippen LogP contribution in [-0.4, -0.2) is 39.2 Å². The van der Waals surface area contributed by atoms with E-state index < -0.39 is 24.1 Å². The van der Waals surface area contributed by atoms with Gasteiger partial charge in [-0.1, -0.05) is 58.7 Å². The number of halogens is 4. The molecule has 0 aliphatic carbocycles. The van der Waals surface area contributed by atoms with Crippen molar-refractivity contribution in [2.24, 2.45) is 0 Å². The zero-order valence-electron chi connectivity index (χ0n) is 22.0. The third kappa shape index (κ3) is 5.59. The third-order valence-corrected chi connectivity index (χ3v) is 7.79. The molecule has 42 heavy (non-hydrogen) atoms. The minimum atomic E-state index is -1.07. The van der Waals surface area contributed by atoms with Gasteiger partial charge in [-0.2, -0.15) is 5.26 Å². The summed E-state index contributed by atoms with van der Waals surface area (Å²) in [5, 5.41) is 29.2. The molecule has 3 heterocycles. The first-order chi connectivity index (χ1) is 20.4.